The molecule has 2 aromatic rings. The van der Waals surface area contributed by atoms with Crippen LogP contribution in [0.5, 0.6) is 0 Å². The number of nitrogens with one attached hydrogen (secondary N) is 1. The first kappa shape index (κ1) is 14.3. The number of hydrogen-bond donors (Lipinski definition) is 1. The van der Waals surface area contributed by atoms with Gasteiger partial charge in [0.15, 0.2) is 23.3 Å². The molecule has 4 nitrogen and oxygen atoms in total. The van der Waals surface area contributed by atoms with E-state index in [-0.39, 0.29) is 17.6 Å². The van der Waals surface area contributed by atoms with E-state index >= 15 is 0 Å². The van der Waals surface area contributed by atoms with Crippen molar-refractivity contribution in [2.45, 2.75) is 6.54 Å². The van der Waals surface area contributed by atoms with E-state index in [4.69, 9.17) is 0 Å². The van der Waals surface area contributed by atoms with E-state index in [0.29, 0.717) is 5.56 Å². The van der Waals surface area contributed by atoms with Gasteiger partial charge in [-0.1, -0.05) is 11.3 Å². The molecule has 0 amide bonds. The van der Waals surface area contributed by atoms with Gasteiger partial charge in [-0.15, -0.1) is 0 Å². The average Bonchev–Trinajstić information content (AvgIpc) is 2.85. The van der Waals surface area contributed by atoms with Gasteiger partial charge in [-0.25, -0.2) is 17.6 Å². The molecule has 9 heteroatoms. The summed E-state index contributed by atoms with van der Waals surface area (Å²) >= 11 is 0.833. The van der Waals surface area contributed by atoms with Crippen molar-refractivity contribution >= 4 is 22.0 Å². The first-order chi connectivity index (χ1) is 9.40. The highest BCUT2D eigenvalue weighted by Gasteiger charge is 2.19. The van der Waals surface area contributed by atoms with Crippen molar-refractivity contribution in [1.29, 1.82) is 0 Å². The molecule has 0 atom stereocenters. The summed E-state index contributed by atoms with van der Waals surface area (Å²) in [7, 11) is 0. The molecule has 0 bridgehead atoms. The van der Waals surface area contributed by atoms with Crippen molar-refractivity contribution in [3.05, 3.63) is 56.5 Å². The highest BCUT2D eigenvalue weighted by Crippen LogP contribution is 2.26. The van der Waals surface area contributed by atoms with Crippen molar-refractivity contribution < 1.29 is 22.5 Å². The molecule has 0 radical (unpaired) electrons. The SMILES string of the molecule is O=[N+]([O-])c1cc(CNc2c(F)c(F)cc(F)c2F)cs1. The number of nitro groups is 1. The van der Waals surface area contributed by atoms with Crippen molar-refractivity contribution in [3.63, 3.8) is 0 Å². The summed E-state index contributed by atoms with van der Waals surface area (Å²) in [5, 5.41) is 13.9. The van der Waals surface area contributed by atoms with Gasteiger partial charge in [-0.3, -0.25) is 10.1 Å². The maximum absolute atomic E-state index is 13.3. The highest BCUT2D eigenvalue weighted by atomic mass is 32.1. The fourth-order valence-corrected chi connectivity index (χ4v) is 2.20. The molecule has 1 aromatic heterocycles. The predicted molar refractivity (Wildman–Crippen MR) is 64.6 cm³/mol. The van der Waals surface area contributed by atoms with Crippen molar-refractivity contribution in [3.8, 4) is 0 Å². The molecular formula is C11H6F4N2O2S. The van der Waals surface area contributed by atoms with Gasteiger partial charge in [0.05, 0.1) is 4.92 Å². The van der Waals surface area contributed by atoms with Gasteiger partial charge in [0, 0.05) is 24.1 Å². The molecule has 0 aliphatic carbocycles. The molecule has 1 N–H and O–H groups in total. The zero-order valence-corrected chi connectivity index (χ0v) is 10.4. The van der Waals surface area contributed by atoms with Crippen LogP contribution in [0.2, 0.25) is 0 Å². The van der Waals surface area contributed by atoms with E-state index < -0.39 is 33.9 Å². The Hall–Kier alpha value is -2.16. The molecule has 1 heterocycles. The minimum absolute atomic E-state index is 0.102. The number of thiophene rings is 1. The Morgan fingerprint density at radius 3 is 2.25 bits per heavy atom. The van der Waals surface area contributed by atoms with Crippen LogP contribution in [0, 0.1) is 33.4 Å². The molecule has 0 aliphatic heterocycles. The topological polar surface area (TPSA) is 55.2 Å². The Kier molecular flexibility index (Phi) is 3.89. The number of rotatable bonds is 4. The summed E-state index contributed by atoms with van der Waals surface area (Å²) in [5.41, 5.74) is -0.582. The number of benzene rings is 1. The molecule has 0 saturated carbocycles. The molecule has 0 saturated heterocycles. The molecule has 2 rings (SSSR count). The van der Waals surface area contributed by atoms with E-state index in [1.807, 2.05) is 0 Å². The van der Waals surface area contributed by atoms with Crippen LogP contribution in [0.1, 0.15) is 5.56 Å². The van der Waals surface area contributed by atoms with Crippen LogP contribution < -0.4 is 5.32 Å². The van der Waals surface area contributed by atoms with E-state index in [1.165, 1.54) is 11.4 Å². The summed E-state index contributed by atoms with van der Waals surface area (Å²) < 4.78 is 52.6. The third-order valence-corrected chi connectivity index (χ3v) is 3.33. The minimum atomic E-state index is -1.55. The van der Waals surface area contributed by atoms with Gasteiger partial charge in [-0.2, -0.15) is 0 Å². The van der Waals surface area contributed by atoms with Crippen LogP contribution in [-0.2, 0) is 6.54 Å². The highest BCUT2D eigenvalue weighted by molar-refractivity contribution is 7.13. The van der Waals surface area contributed by atoms with Gasteiger partial charge in [0.2, 0.25) is 0 Å². The van der Waals surface area contributed by atoms with Gasteiger partial charge >= 0.3 is 5.00 Å². The van der Waals surface area contributed by atoms with E-state index in [0.717, 1.165) is 11.3 Å². The Morgan fingerprint density at radius 2 is 1.75 bits per heavy atom. The molecular weight excluding hydrogens is 300 g/mol. The molecule has 0 unspecified atom stereocenters. The van der Waals surface area contributed by atoms with Crippen LogP contribution in [-0.4, -0.2) is 4.92 Å². The lowest BCUT2D eigenvalue weighted by molar-refractivity contribution is -0.380. The molecule has 106 valence electrons. The standard InChI is InChI=1S/C11H6F4N2O2S/c12-6-2-7(13)10(15)11(9(6)14)16-3-5-1-8(17(18)19)20-4-5/h1-2,4,16H,3H2. The van der Waals surface area contributed by atoms with Crippen LogP contribution in [0.4, 0.5) is 28.3 Å². The maximum Gasteiger partial charge on any atom is 0.324 e. The number of nitrogens with zero attached hydrogens (tertiary/aromatic N) is 1. The normalized spacial score (nSPS) is 10.6. The lowest BCUT2D eigenvalue weighted by atomic mass is 10.2. The van der Waals surface area contributed by atoms with Gasteiger partial charge in [0.25, 0.3) is 0 Å². The molecule has 20 heavy (non-hydrogen) atoms. The lowest BCUT2D eigenvalue weighted by Gasteiger charge is -2.08. The average molecular weight is 306 g/mol. The molecule has 0 spiro atoms. The largest absolute Gasteiger partial charge is 0.376 e. The van der Waals surface area contributed by atoms with Crippen LogP contribution in [0.15, 0.2) is 17.5 Å². The fraction of sp³-hybridized carbons (Fsp3) is 0.0909. The zero-order valence-electron chi connectivity index (χ0n) is 9.62. The molecule has 0 fully saturated rings. The van der Waals surface area contributed by atoms with Gasteiger partial charge in [-0.05, 0) is 5.56 Å². The Morgan fingerprint density at radius 1 is 1.15 bits per heavy atom. The Labute approximate surface area is 113 Å². The minimum Gasteiger partial charge on any atom is -0.376 e. The summed E-state index contributed by atoms with van der Waals surface area (Å²) in [6, 6.07) is 1.30. The quantitative estimate of drug-likeness (QED) is 0.404. The van der Waals surface area contributed by atoms with Crippen molar-refractivity contribution in [2.24, 2.45) is 0 Å². The Balaban J connectivity index is 2.20. The fourth-order valence-electron chi connectivity index (χ4n) is 1.47. The van der Waals surface area contributed by atoms with E-state index in [1.54, 1.807) is 0 Å². The van der Waals surface area contributed by atoms with E-state index in [2.05, 4.69) is 5.32 Å². The smallest absolute Gasteiger partial charge is 0.324 e. The summed E-state index contributed by atoms with van der Waals surface area (Å²) in [6.45, 7) is -0.207. The van der Waals surface area contributed by atoms with Crippen LogP contribution in [0.25, 0.3) is 0 Å². The third-order valence-electron chi connectivity index (χ3n) is 2.40. The first-order valence-electron chi connectivity index (χ1n) is 5.18. The summed E-state index contributed by atoms with van der Waals surface area (Å²) in [5.74, 6) is -6.15. The van der Waals surface area contributed by atoms with Crippen LogP contribution >= 0.6 is 11.3 Å². The first-order valence-corrected chi connectivity index (χ1v) is 6.06. The Bertz CT molecular complexity index is 648. The summed E-state index contributed by atoms with van der Waals surface area (Å²) in [4.78, 5) is 9.85. The number of anilines is 1. The van der Waals surface area contributed by atoms with Gasteiger partial charge in [0.1, 0.15) is 5.69 Å². The predicted octanol–water partition coefficient (Wildman–Crippen LogP) is 3.82. The maximum atomic E-state index is 13.3. The van der Waals surface area contributed by atoms with Crippen LogP contribution in [0.3, 0.4) is 0 Å². The second kappa shape index (κ2) is 5.45. The van der Waals surface area contributed by atoms with Crippen molar-refractivity contribution in [1.82, 2.24) is 0 Å². The zero-order chi connectivity index (χ0) is 14.9. The van der Waals surface area contributed by atoms with Gasteiger partial charge < -0.3 is 5.32 Å². The van der Waals surface area contributed by atoms with Crippen molar-refractivity contribution in [2.75, 3.05) is 5.32 Å². The second-order valence-corrected chi connectivity index (χ2v) is 4.64. The molecule has 0 aliphatic rings. The number of hydrogen-bond acceptors (Lipinski definition) is 4. The second-order valence-electron chi connectivity index (χ2n) is 3.75. The number of halogens is 4. The lowest BCUT2D eigenvalue weighted by Crippen LogP contribution is -2.06. The monoisotopic (exact) mass is 306 g/mol. The third kappa shape index (κ3) is 2.72. The van der Waals surface area contributed by atoms with E-state index in [9.17, 15) is 27.7 Å². The molecule has 1 aromatic carbocycles. The summed E-state index contributed by atoms with van der Waals surface area (Å²) in [6.07, 6.45) is 0.